The van der Waals surface area contributed by atoms with Gasteiger partial charge < -0.3 is 16.2 Å². The van der Waals surface area contributed by atoms with Gasteiger partial charge in [-0.05, 0) is 43.2 Å². The predicted octanol–water partition coefficient (Wildman–Crippen LogP) is 1.92. The number of nitrogens with zero attached hydrogens (tertiary/aromatic N) is 1. The molecule has 1 aromatic heterocycles. The molecule has 1 heterocycles. The largest absolute Gasteiger partial charge is 0.396 e. The van der Waals surface area contributed by atoms with Crippen LogP contribution in [0.3, 0.4) is 0 Å². The zero-order chi connectivity index (χ0) is 11.5. The van der Waals surface area contributed by atoms with Crippen LogP contribution >= 0.6 is 0 Å². The van der Waals surface area contributed by atoms with E-state index in [1.165, 1.54) is 0 Å². The Hall–Kier alpha value is -1.29. The second kappa shape index (κ2) is 4.70. The average Bonchev–Trinajstić information content (AvgIpc) is 2.33. The summed E-state index contributed by atoms with van der Waals surface area (Å²) in [6.07, 6.45) is 6.59. The number of nitrogen functional groups attached to an aromatic ring is 2. The van der Waals surface area contributed by atoms with Gasteiger partial charge in [0.15, 0.2) is 0 Å². The molecule has 0 unspecified atom stereocenters. The Morgan fingerprint density at radius 1 is 1.25 bits per heavy atom. The molecular weight excluding hydrogens is 202 g/mol. The van der Waals surface area contributed by atoms with E-state index in [4.69, 9.17) is 16.2 Å². The van der Waals surface area contributed by atoms with Gasteiger partial charge in [-0.1, -0.05) is 0 Å². The molecule has 88 valence electrons. The molecule has 0 spiro atoms. The summed E-state index contributed by atoms with van der Waals surface area (Å²) in [5.41, 5.74) is 13.5. The van der Waals surface area contributed by atoms with Crippen LogP contribution in [0.4, 0.5) is 11.5 Å². The monoisotopic (exact) mass is 221 g/mol. The average molecular weight is 221 g/mol. The lowest BCUT2D eigenvalue weighted by molar-refractivity contribution is 0.0659. The standard InChI is InChI=1S/C12H19N3O/c1-16-9-4-2-8(3-5-9)10-6-7-15-12(14)11(10)13/h6-9H,2-5,13H2,1H3,(H2,14,15). The minimum Gasteiger partial charge on any atom is -0.396 e. The summed E-state index contributed by atoms with van der Waals surface area (Å²) < 4.78 is 5.36. The van der Waals surface area contributed by atoms with Crippen LogP contribution in [0.5, 0.6) is 0 Å². The van der Waals surface area contributed by atoms with Gasteiger partial charge in [0.1, 0.15) is 5.82 Å². The molecule has 4 nitrogen and oxygen atoms in total. The predicted molar refractivity (Wildman–Crippen MR) is 65.1 cm³/mol. The number of hydrogen-bond acceptors (Lipinski definition) is 4. The molecule has 2 rings (SSSR count). The lowest BCUT2D eigenvalue weighted by Gasteiger charge is -2.28. The van der Waals surface area contributed by atoms with Crippen LogP contribution < -0.4 is 11.5 Å². The molecular formula is C12H19N3O. The molecule has 0 saturated heterocycles. The maximum atomic E-state index is 5.96. The number of rotatable bonds is 2. The van der Waals surface area contributed by atoms with Crippen molar-refractivity contribution < 1.29 is 4.74 Å². The lowest BCUT2D eigenvalue weighted by Crippen LogP contribution is -2.20. The van der Waals surface area contributed by atoms with Crippen LogP contribution in [0.25, 0.3) is 0 Å². The third-order valence-corrected chi connectivity index (χ3v) is 3.50. The van der Waals surface area contributed by atoms with E-state index in [2.05, 4.69) is 4.98 Å². The van der Waals surface area contributed by atoms with Gasteiger partial charge in [0.05, 0.1) is 11.8 Å². The van der Waals surface area contributed by atoms with E-state index in [1.54, 1.807) is 13.3 Å². The number of hydrogen-bond donors (Lipinski definition) is 2. The number of aromatic nitrogens is 1. The molecule has 4 heteroatoms. The molecule has 0 radical (unpaired) electrons. The van der Waals surface area contributed by atoms with Crippen molar-refractivity contribution >= 4 is 11.5 Å². The Labute approximate surface area is 96.0 Å². The summed E-state index contributed by atoms with van der Waals surface area (Å²) in [5.74, 6) is 0.961. The molecule has 0 aromatic carbocycles. The molecule has 0 aliphatic heterocycles. The van der Waals surface area contributed by atoms with Crippen molar-refractivity contribution in [2.45, 2.75) is 37.7 Å². The molecule has 1 saturated carbocycles. The molecule has 1 fully saturated rings. The Morgan fingerprint density at radius 3 is 2.56 bits per heavy atom. The summed E-state index contributed by atoms with van der Waals surface area (Å²) in [6.45, 7) is 0. The Bertz CT molecular complexity index is 359. The van der Waals surface area contributed by atoms with Crippen LogP contribution in [0.2, 0.25) is 0 Å². The Morgan fingerprint density at radius 2 is 1.94 bits per heavy atom. The molecule has 1 aliphatic rings. The van der Waals surface area contributed by atoms with Gasteiger partial charge in [-0.25, -0.2) is 4.98 Å². The van der Waals surface area contributed by atoms with Crippen LogP contribution in [0.15, 0.2) is 12.3 Å². The number of ether oxygens (including phenoxy) is 1. The van der Waals surface area contributed by atoms with Crippen molar-refractivity contribution in [2.75, 3.05) is 18.6 Å². The van der Waals surface area contributed by atoms with Gasteiger partial charge in [-0.3, -0.25) is 0 Å². The molecule has 1 aliphatic carbocycles. The highest BCUT2D eigenvalue weighted by Crippen LogP contribution is 2.37. The molecule has 16 heavy (non-hydrogen) atoms. The van der Waals surface area contributed by atoms with E-state index in [0.29, 0.717) is 23.5 Å². The summed E-state index contributed by atoms with van der Waals surface area (Å²) in [4.78, 5) is 3.99. The summed E-state index contributed by atoms with van der Waals surface area (Å²) in [5, 5.41) is 0. The summed E-state index contributed by atoms with van der Waals surface area (Å²) >= 11 is 0. The zero-order valence-electron chi connectivity index (χ0n) is 9.65. The Balaban J connectivity index is 2.11. The van der Waals surface area contributed by atoms with E-state index in [1.807, 2.05) is 6.07 Å². The maximum absolute atomic E-state index is 5.96. The minimum atomic E-state index is 0.414. The van der Waals surface area contributed by atoms with E-state index in [0.717, 1.165) is 31.2 Å². The van der Waals surface area contributed by atoms with Gasteiger partial charge in [-0.2, -0.15) is 0 Å². The van der Waals surface area contributed by atoms with E-state index >= 15 is 0 Å². The first kappa shape index (κ1) is 11.2. The fourth-order valence-corrected chi connectivity index (χ4v) is 2.47. The highest BCUT2D eigenvalue weighted by atomic mass is 16.5. The van der Waals surface area contributed by atoms with Gasteiger partial charge >= 0.3 is 0 Å². The van der Waals surface area contributed by atoms with Crippen molar-refractivity contribution in [3.05, 3.63) is 17.8 Å². The third-order valence-electron chi connectivity index (χ3n) is 3.50. The van der Waals surface area contributed by atoms with Crippen LogP contribution in [-0.4, -0.2) is 18.2 Å². The second-order valence-electron chi connectivity index (χ2n) is 4.41. The molecule has 4 N–H and O–H groups in total. The zero-order valence-corrected chi connectivity index (χ0v) is 9.65. The van der Waals surface area contributed by atoms with Gasteiger partial charge in [0.25, 0.3) is 0 Å². The fraction of sp³-hybridized carbons (Fsp3) is 0.583. The first-order valence-corrected chi connectivity index (χ1v) is 5.75. The lowest BCUT2D eigenvalue weighted by atomic mass is 9.82. The maximum Gasteiger partial charge on any atom is 0.146 e. The van der Waals surface area contributed by atoms with Crippen molar-refractivity contribution in [2.24, 2.45) is 0 Å². The number of methoxy groups -OCH3 is 1. The molecule has 0 atom stereocenters. The van der Waals surface area contributed by atoms with Crippen molar-refractivity contribution in [1.29, 1.82) is 0 Å². The highest BCUT2D eigenvalue weighted by molar-refractivity contribution is 5.63. The number of anilines is 2. The number of nitrogens with two attached hydrogens (primary N) is 2. The summed E-state index contributed by atoms with van der Waals surface area (Å²) in [7, 11) is 1.78. The normalized spacial score (nSPS) is 25.6. The van der Waals surface area contributed by atoms with E-state index < -0.39 is 0 Å². The Kier molecular flexibility index (Phi) is 3.29. The molecule has 1 aromatic rings. The van der Waals surface area contributed by atoms with Crippen molar-refractivity contribution in [3.63, 3.8) is 0 Å². The van der Waals surface area contributed by atoms with Crippen LogP contribution in [-0.2, 0) is 4.74 Å². The van der Waals surface area contributed by atoms with Gasteiger partial charge in [0.2, 0.25) is 0 Å². The first-order valence-electron chi connectivity index (χ1n) is 5.75. The molecule has 0 bridgehead atoms. The van der Waals surface area contributed by atoms with Crippen molar-refractivity contribution in [1.82, 2.24) is 4.98 Å². The smallest absolute Gasteiger partial charge is 0.146 e. The second-order valence-corrected chi connectivity index (χ2v) is 4.41. The minimum absolute atomic E-state index is 0.414. The fourth-order valence-electron chi connectivity index (χ4n) is 2.47. The van der Waals surface area contributed by atoms with Crippen LogP contribution in [0.1, 0.15) is 37.2 Å². The van der Waals surface area contributed by atoms with E-state index in [-0.39, 0.29) is 0 Å². The summed E-state index contributed by atoms with van der Waals surface area (Å²) in [6, 6.07) is 1.99. The first-order chi connectivity index (χ1) is 7.72. The number of pyridine rings is 1. The highest BCUT2D eigenvalue weighted by Gasteiger charge is 2.23. The van der Waals surface area contributed by atoms with Crippen molar-refractivity contribution in [3.8, 4) is 0 Å². The quantitative estimate of drug-likeness (QED) is 0.800. The topological polar surface area (TPSA) is 74.2 Å². The van der Waals surface area contributed by atoms with E-state index in [9.17, 15) is 0 Å². The SMILES string of the molecule is COC1CCC(c2ccnc(N)c2N)CC1. The van der Waals surface area contributed by atoms with Gasteiger partial charge in [-0.15, -0.1) is 0 Å². The van der Waals surface area contributed by atoms with Gasteiger partial charge in [0, 0.05) is 13.3 Å². The van der Waals surface area contributed by atoms with Crippen LogP contribution in [0, 0.1) is 0 Å². The molecule has 0 amide bonds. The third kappa shape index (κ3) is 2.11.